The third-order valence-corrected chi connectivity index (χ3v) is 2.44. The standard InChI is InChI=1S/C11H16N6/c1-13-7-11-14-6-10(17(11)4-3-12)9-5-15-16(2)8-9/h3-6,8,13H,7,12H2,1-2H3/b4-3-. The lowest BCUT2D eigenvalue weighted by atomic mass is 10.3. The molecule has 3 N–H and O–H groups in total. The summed E-state index contributed by atoms with van der Waals surface area (Å²) in [6, 6.07) is 0. The fraction of sp³-hybridized carbons (Fsp3) is 0.273. The minimum atomic E-state index is 0.685. The largest absolute Gasteiger partial charge is 0.403 e. The molecule has 2 rings (SSSR count). The summed E-state index contributed by atoms with van der Waals surface area (Å²) in [5.74, 6) is 0.910. The highest BCUT2D eigenvalue weighted by Gasteiger charge is 2.10. The summed E-state index contributed by atoms with van der Waals surface area (Å²) in [7, 11) is 3.77. The van der Waals surface area contributed by atoms with E-state index in [1.54, 1.807) is 17.1 Å². The number of nitrogens with one attached hydrogen (secondary N) is 1. The van der Waals surface area contributed by atoms with Gasteiger partial charge in [-0.05, 0) is 7.05 Å². The SMILES string of the molecule is CNCc1ncc(-c2cnn(C)c2)n1/C=C\N. The Kier molecular flexibility index (Phi) is 3.24. The van der Waals surface area contributed by atoms with Crippen LogP contribution in [0.15, 0.2) is 24.8 Å². The minimum Gasteiger partial charge on any atom is -0.403 e. The summed E-state index contributed by atoms with van der Waals surface area (Å²) < 4.78 is 3.71. The molecule has 2 heterocycles. The molecule has 6 nitrogen and oxygen atoms in total. The summed E-state index contributed by atoms with van der Waals surface area (Å²) in [6.07, 6.45) is 8.87. The van der Waals surface area contributed by atoms with Crippen molar-refractivity contribution >= 4 is 6.20 Å². The third-order valence-electron chi connectivity index (χ3n) is 2.44. The van der Waals surface area contributed by atoms with Gasteiger partial charge in [0.25, 0.3) is 0 Å². The topological polar surface area (TPSA) is 73.7 Å². The molecule has 0 saturated heterocycles. The van der Waals surface area contributed by atoms with Crippen molar-refractivity contribution in [3.63, 3.8) is 0 Å². The second kappa shape index (κ2) is 4.84. The summed E-state index contributed by atoms with van der Waals surface area (Å²) in [5.41, 5.74) is 7.46. The number of imidazole rings is 1. The van der Waals surface area contributed by atoms with Crippen LogP contribution >= 0.6 is 0 Å². The molecule has 0 aliphatic carbocycles. The van der Waals surface area contributed by atoms with Crippen molar-refractivity contribution in [2.24, 2.45) is 12.8 Å². The Morgan fingerprint density at radius 1 is 1.47 bits per heavy atom. The van der Waals surface area contributed by atoms with Crippen LogP contribution in [0.1, 0.15) is 5.82 Å². The Labute approximate surface area is 99.8 Å². The predicted molar refractivity (Wildman–Crippen MR) is 66.7 cm³/mol. The van der Waals surface area contributed by atoms with Gasteiger partial charge in [0.15, 0.2) is 0 Å². The van der Waals surface area contributed by atoms with Crippen molar-refractivity contribution in [3.05, 3.63) is 30.6 Å². The molecule has 0 spiro atoms. The Bertz CT molecular complexity index is 522. The first-order valence-corrected chi connectivity index (χ1v) is 5.34. The Balaban J connectivity index is 2.46. The van der Waals surface area contributed by atoms with E-state index in [9.17, 15) is 0 Å². The van der Waals surface area contributed by atoms with Crippen LogP contribution in [0, 0.1) is 0 Å². The number of hydrogen-bond acceptors (Lipinski definition) is 4. The molecule has 90 valence electrons. The molecule has 2 aromatic rings. The normalized spacial score (nSPS) is 11.4. The third kappa shape index (κ3) is 2.21. The van der Waals surface area contributed by atoms with Gasteiger partial charge in [0, 0.05) is 31.2 Å². The molecule has 0 amide bonds. The molecule has 0 radical (unpaired) electrons. The predicted octanol–water partition coefficient (Wildman–Crippen LogP) is 0.390. The van der Waals surface area contributed by atoms with E-state index in [0.29, 0.717) is 6.54 Å². The average Bonchev–Trinajstić information content (AvgIpc) is 2.88. The van der Waals surface area contributed by atoms with Gasteiger partial charge in [-0.15, -0.1) is 0 Å². The molecule has 0 aromatic carbocycles. The van der Waals surface area contributed by atoms with Crippen LogP contribution < -0.4 is 11.1 Å². The summed E-state index contributed by atoms with van der Waals surface area (Å²) in [5, 5.41) is 7.23. The number of hydrogen-bond donors (Lipinski definition) is 2. The maximum absolute atomic E-state index is 5.47. The zero-order valence-corrected chi connectivity index (χ0v) is 9.96. The maximum atomic E-state index is 5.47. The highest BCUT2D eigenvalue weighted by molar-refractivity contribution is 5.60. The molecular weight excluding hydrogens is 216 g/mol. The smallest absolute Gasteiger partial charge is 0.127 e. The van der Waals surface area contributed by atoms with E-state index < -0.39 is 0 Å². The van der Waals surface area contributed by atoms with Crippen LogP contribution in [-0.2, 0) is 13.6 Å². The molecular formula is C11H16N6. The molecule has 0 saturated carbocycles. The van der Waals surface area contributed by atoms with Gasteiger partial charge in [0.1, 0.15) is 5.82 Å². The molecule has 0 aliphatic heterocycles. The van der Waals surface area contributed by atoms with Gasteiger partial charge >= 0.3 is 0 Å². The number of aromatic nitrogens is 4. The maximum Gasteiger partial charge on any atom is 0.127 e. The Hall–Kier alpha value is -2.08. The van der Waals surface area contributed by atoms with E-state index in [-0.39, 0.29) is 0 Å². The van der Waals surface area contributed by atoms with E-state index in [1.807, 2.05) is 31.1 Å². The van der Waals surface area contributed by atoms with E-state index in [2.05, 4.69) is 15.4 Å². The zero-order valence-electron chi connectivity index (χ0n) is 9.96. The van der Waals surface area contributed by atoms with Crippen molar-refractivity contribution in [1.82, 2.24) is 24.6 Å². The molecule has 0 aliphatic rings. The van der Waals surface area contributed by atoms with Gasteiger partial charge in [-0.2, -0.15) is 5.10 Å². The van der Waals surface area contributed by atoms with Gasteiger partial charge in [-0.1, -0.05) is 0 Å². The first-order valence-electron chi connectivity index (χ1n) is 5.34. The molecule has 17 heavy (non-hydrogen) atoms. The quantitative estimate of drug-likeness (QED) is 0.799. The van der Waals surface area contributed by atoms with Gasteiger partial charge in [0.05, 0.1) is 24.6 Å². The lowest BCUT2D eigenvalue weighted by Crippen LogP contribution is -2.10. The van der Waals surface area contributed by atoms with E-state index in [0.717, 1.165) is 17.1 Å². The van der Waals surface area contributed by atoms with Crippen LogP contribution in [0.5, 0.6) is 0 Å². The first kappa shape index (κ1) is 11.4. The van der Waals surface area contributed by atoms with E-state index in [1.165, 1.54) is 6.20 Å². The van der Waals surface area contributed by atoms with Gasteiger partial charge < -0.3 is 15.6 Å². The fourth-order valence-electron chi connectivity index (χ4n) is 1.71. The summed E-state index contributed by atoms with van der Waals surface area (Å²) in [6.45, 7) is 0.685. The average molecular weight is 232 g/mol. The monoisotopic (exact) mass is 232 g/mol. The molecule has 0 bridgehead atoms. The molecule has 0 fully saturated rings. The zero-order chi connectivity index (χ0) is 12.3. The van der Waals surface area contributed by atoms with Crippen LogP contribution in [-0.4, -0.2) is 26.4 Å². The van der Waals surface area contributed by atoms with E-state index >= 15 is 0 Å². The Morgan fingerprint density at radius 3 is 2.88 bits per heavy atom. The van der Waals surface area contributed by atoms with E-state index in [4.69, 9.17) is 5.73 Å². The second-order valence-corrected chi connectivity index (χ2v) is 3.70. The van der Waals surface area contributed by atoms with Crippen LogP contribution in [0.25, 0.3) is 17.5 Å². The van der Waals surface area contributed by atoms with Gasteiger partial charge in [-0.3, -0.25) is 4.68 Å². The van der Waals surface area contributed by atoms with Crippen molar-refractivity contribution in [1.29, 1.82) is 0 Å². The highest BCUT2D eigenvalue weighted by atomic mass is 15.2. The fourth-order valence-corrected chi connectivity index (χ4v) is 1.71. The highest BCUT2D eigenvalue weighted by Crippen LogP contribution is 2.20. The first-order chi connectivity index (χ1) is 8.26. The van der Waals surface area contributed by atoms with Crippen molar-refractivity contribution in [2.45, 2.75) is 6.54 Å². The summed E-state index contributed by atoms with van der Waals surface area (Å²) >= 11 is 0. The van der Waals surface area contributed by atoms with Gasteiger partial charge in [-0.25, -0.2) is 4.98 Å². The second-order valence-electron chi connectivity index (χ2n) is 3.70. The summed E-state index contributed by atoms with van der Waals surface area (Å²) in [4.78, 5) is 4.37. The molecule has 2 aromatic heterocycles. The molecule has 6 heteroatoms. The number of nitrogens with two attached hydrogens (primary N) is 1. The number of nitrogens with zero attached hydrogens (tertiary/aromatic N) is 4. The molecule has 0 unspecified atom stereocenters. The lowest BCUT2D eigenvalue weighted by Gasteiger charge is -2.04. The number of rotatable bonds is 4. The van der Waals surface area contributed by atoms with Crippen molar-refractivity contribution < 1.29 is 0 Å². The number of aryl methyl sites for hydroxylation is 1. The minimum absolute atomic E-state index is 0.685. The van der Waals surface area contributed by atoms with Gasteiger partial charge in [0.2, 0.25) is 0 Å². The van der Waals surface area contributed by atoms with Crippen molar-refractivity contribution in [3.8, 4) is 11.3 Å². The Morgan fingerprint density at radius 2 is 2.29 bits per heavy atom. The van der Waals surface area contributed by atoms with Crippen molar-refractivity contribution in [2.75, 3.05) is 7.05 Å². The lowest BCUT2D eigenvalue weighted by molar-refractivity contribution is 0.752. The van der Waals surface area contributed by atoms with Crippen LogP contribution in [0.4, 0.5) is 0 Å². The molecule has 0 atom stereocenters. The van der Waals surface area contributed by atoms with Crippen LogP contribution in [0.2, 0.25) is 0 Å². The van der Waals surface area contributed by atoms with Crippen LogP contribution in [0.3, 0.4) is 0 Å².